The van der Waals surface area contributed by atoms with Crippen LogP contribution in [-0.2, 0) is 4.74 Å². The minimum atomic E-state index is 0. The molecule has 1 atom stereocenters. The second kappa shape index (κ2) is 13.2. The summed E-state index contributed by atoms with van der Waals surface area (Å²) in [6, 6.07) is 8.51. The lowest BCUT2D eigenvalue weighted by Crippen LogP contribution is -2.36. The van der Waals surface area contributed by atoms with Crippen molar-refractivity contribution in [2.24, 2.45) is 10.9 Å². The van der Waals surface area contributed by atoms with Crippen LogP contribution in [0.5, 0.6) is 5.75 Å². The molecule has 1 unspecified atom stereocenters. The summed E-state index contributed by atoms with van der Waals surface area (Å²) in [5.74, 6) is 2.46. The van der Waals surface area contributed by atoms with Crippen molar-refractivity contribution in [1.82, 2.24) is 10.2 Å². The standard InChI is InChI=1S/C20H34N4O2.HI/c1-5-21-20(22-15-19(24(2)3)16-10-11-16)23-17-8-6-9-18(14-17)26-13-7-12-25-4;/h6,8-9,14,16,19H,5,7,10-13,15H2,1-4H3,(H2,21,22,23);1H. The van der Waals surface area contributed by atoms with Crippen molar-refractivity contribution >= 4 is 35.6 Å². The molecule has 0 heterocycles. The molecule has 0 amide bonds. The average Bonchev–Trinajstić information content (AvgIpc) is 3.44. The molecule has 1 fully saturated rings. The van der Waals surface area contributed by atoms with Gasteiger partial charge in [-0.15, -0.1) is 24.0 Å². The topological polar surface area (TPSA) is 58.1 Å². The van der Waals surface area contributed by atoms with Crippen LogP contribution in [0.2, 0.25) is 0 Å². The Morgan fingerprint density at radius 2 is 2.07 bits per heavy atom. The average molecular weight is 490 g/mol. The van der Waals surface area contributed by atoms with Crippen LogP contribution in [-0.4, -0.2) is 64.4 Å². The summed E-state index contributed by atoms with van der Waals surface area (Å²) >= 11 is 0. The van der Waals surface area contributed by atoms with Gasteiger partial charge in [-0.3, -0.25) is 4.99 Å². The van der Waals surface area contributed by atoms with Crippen LogP contribution in [0.4, 0.5) is 5.69 Å². The first-order valence-electron chi connectivity index (χ1n) is 9.57. The summed E-state index contributed by atoms with van der Waals surface area (Å²) in [5.41, 5.74) is 0.974. The molecule has 27 heavy (non-hydrogen) atoms. The Bertz CT molecular complexity index is 563. The van der Waals surface area contributed by atoms with Gasteiger partial charge in [0.15, 0.2) is 5.96 Å². The first-order chi connectivity index (χ1) is 12.6. The normalized spacial score (nSPS) is 15.2. The monoisotopic (exact) mass is 490 g/mol. The minimum absolute atomic E-state index is 0. The number of rotatable bonds is 11. The Morgan fingerprint density at radius 1 is 1.30 bits per heavy atom. The lowest BCUT2D eigenvalue weighted by molar-refractivity contribution is 0.172. The Balaban J connectivity index is 0.00000364. The number of likely N-dealkylation sites (N-methyl/N-ethyl adjacent to an activating group) is 1. The number of anilines is 1. The summed E-state index contributed by atoms with van der Waals surface area (Å²) in [6.45, 7) is 5.08. The second-order valence-corrected chi connectivity index (χ2v) is 6.94. The summed E-state index contributed by atoms with van der Waals surface area (Å²) in [4.78, 5) is 7.09. The number of nitrogens with zero attached hydrogens (tertiary/aromatic N) is 2. The zero-order valence-electron chi connectivity index (χ0n) is 17.0. The van der Waals surface area contributed by atoms with E-state index in [1.54, 1.807) is 7.11 Å². The number of hydrogen-bond donors (Lipinski definition) is 2. The van der Waals surface area contributed by atoms with Gasteiger partial charge in [0.25, 0.3) is 0 Å². The van der Waals surface area contributed by atoms with Gasteiger partial charge in [0, 0.05) is 44.5 Å². The molecule has 0 aliphatic heterocycles. The molecule has 0 aromatic heterocycles. The number of ether oxygens (including phenoxy) is 2. The van der Waals surface area contributed by atoms with E-state index < -0.39 is 0 Å². The molecular weight excluding hydrogens is 455 g/mol. The van der Waals surface area contributed by atoms with Crippen LogP contribution in [0, 0.1) is 5.92 Å². The third-order valence-corrected chi connectivity index (χ3v) is 4.47. The Hall–Kier alpha value is -1.06. The van der Waals surface area contributed by atoms with Crippen molar-refractivity contribution in [1.29, 1.82) is 0 Å². The summed E-state index contributed by atoms with van der Waals surface area (Å²) < 4.78 is 10.8. The van der Waals surface area contributed by atoms with Gasteiger partial charge >= 0.3 is 0 Å². The van der Waals surface area contributed by atoms with Gasteiger partial charge in [-0.1, -0.05) is 6.07 Å². The number of nitrogens with one attached hydrogen (secondary N) is 2. The molecular formula is C20H35IN4O2. The van der Waals surface area contributed by atoms with E-state index in [1.165, 1.54) is 12.8 Å². The van der Waals surface area contributed by atoms with Gasteiger partial charge in [0.05, 0.1) is 13.2 Å². The number of methoxy groups -OCH3 is 1. The van der Waals surface area contributed by atoms with E-state index >= 15 is 0 Å². The highest BCUT2D eigenvalue weighted by Crippen LogP contribution is 2.34. The molecule has 1 aromatic rings. The highest BCUT2D eigenvalue weighted by molar-refractivity contribution is 14.0. The Morgan fingerprint density at radius 3 is 2.70 bits per heavy atom. The molecule has 0 spiro atoms. The fraction of sp³-hybridized carbons (Fsp3) is 0.650. The Kier molecular flexibility index (Phi) is 11.7. The van der Waals surface area contributed by atoms with Crippen LogP contribution in [0.3, 0.4) is 0 Å². The predicted octanol–water partition coefficient (Wildman–Crippen LogP) is 3.44. The molecule has 1 aliphatic rings. The SMILES string of the molecule is CCNC(=NCC(C1CC1)N(C)C)Nc1cccc(OCCCOC)c1.I. The fourth-order valence-electron chi connectivity index (χ4n) is 2.90. The third kappa shape index (κ3) is 9.12. The maximum Gasteiger partial charge on any atom is 0.195 e. The first kappa shape index (κ1) is 24.0. The first-order valence-corrected chi connectivity index (χ1v) is 9.57. The van der Waals surface area contributed by atoms with Crippen molar-refractivity contribution in [2.75, 3.05) is 52.8 Å². The summed E-state index contributed by atoms with van der Waals surface area (Å²) in [6.07, 6.45) is 3.53. The maximum atomic E-state index is 5.77. The highest BCUT2D eigenvalue weighted by Gasteiger charge is 2.32. The quantitative estimate of drug-likeness (QED) is 0.216. The highest BCUT2D eigenvalue weighted by atomic mass is 127. The lowest BCUT2D eigenvalue weighted by atomic mass is 10.2. The Labute approximate surface area is 181 Å². The van der Waals surface area contributed by atoms with Gasteiger partial charge in [-0.2, -0.15) is 0 Å². The van der Waals surface area contributed by atoms with E-state index in [2.05, 4.69) is 36.6 Å². The van der Waals surface area contributed by atoms with Crippen molar-refractivity contribution in [2.45, 2.75) is 32.2 Å². The van der Waals surface area contributed by atoms with Crippen molar-refractivity contribution in [3.05, 3.63) is 24.3 Å². The molecule has 1 aromatic carbocycles. The zero-order chi connectivity index (χ0) is 18.8. The van der Waals surface area contributed by atoms with E-state index in [0.717, 1.165) is 42.8 Å². The van der Waals surface area contributed by atoms with E-state index in [1.807, 2.05) is 24.3 Å². The smallest absolute Gasteiger partial charge is 0.195 e. The number of hydrogen-bond acceptors (Lipinski definition) is 4. The number of guanidine groups is 1. The van der Waals surface area contributed by atoms with Gasteiger partial charge in [0.2, 0.25) is 0 Å². The minimum Gasteiger partial charge on any atom is -0.493 e. The van der Waals surface area contributed by atoms with Gasteiger partial charge < -0.3 is 25.0 Å². The molecule has 154 valence electrons. The predicted molar refractivity (Wildman–Crippen MR) is 124 cm³/mol. The van der Waals surface area contributed by atoms with E-state index in [4.69, 9.17) is 14.5 Å². The van der Waals surface area contributed by atoms with E-state index in [9.17, 15) is 0 Å². The van der Waals surface area contributed by atoms with Crippen molar-refractivity contribution in [3.63, 3.8) is 0 Å². The molecule has 1 saturated carbocycles. The van der Waals surface area contributed by atoms with Gasteiger partial charge in [0.1, 0.15) is 5.75 Å². The van der Waals surface area contributed by atoms with Crippen LogP contribution >= 0.6 is 24.0 Å². The molecule has 0 bridgehead atoms. The molecule has 0 saturated heterocycles. The number of halogens is 1. The summed E-state index contributed by atoms with van der Waals surface area (Å²) in [7, 11) is 5.99. The largest absolute Gasteiger partial charge is 0.493 e. The fourth-order valence-corrected chi connectivity index (χ4v) is 2.90. The van der Waals surface area contributed by atoms with Crippen LogP contribution in [0.25, 0.3) is 0 Å². The van der Waals surface area contributed by atoms with Crippen LogP contribution in [0.15, 0.2) is 29.3 Å². The summed E-state index contributed by atoms with van der Waals surface area (Å²) in [5, 5.41) is 6.72. The van der Waals surface area contributed by atoms with Gasteiger partial charge in [-0.25, -0.2) is 0 Å². The molecule has 7 heteroatoms. The maximum absolute atomic E-state index is 5.77. The molecule has 6 nitrogen and oxygen atoms in total. The molecule has 1 aliphatic carbocycles. The van der Waals surface area contributed by atoms with E-state index in [-0.39, 0.29) is 24.0 Å². The van der Waals surface area contributed by atoms with Crippen molar-refractivity contribution < 1.29 is 9.47 Å². The number of aliphatic imine (C=N–C) groups is 1. The zero-order valence-corrected chi connectivity index (χ0v) is 19.4. The third-order valence-electron chi connectivity index (χ3n) is 4.47. The number of benzene rings is 1. The van der Waals surface area contributed by atoms with Crippen LogP contribution in [0.1, 0.15) is 26.2 Å². The molecule has 0 radical (unpaired) electrons. The van der Waals surface area contributed by atoms with Gasteiger partial charge in [-0.05, 0) is 51.9 Å². The van der Waals surface area contributed by atoms with E-state index in [0.29, 0.717) is 19.3 Å². The molecule has 2 rings (SSSR count). The van der Waals surface area contributed by atoms with Crippen LogP contribution < -0.4 is 15.4 Å². The lowest BCUT2D eigenvalue weighted by Gasteiger charge is -2.23. The second-order valence-electron chi connectivity index (χ2n) is 6.94. The van der Waals surface area contributed by atoms with Crippen molar-refractivity contribution in [3.8, 4) is 5.75 Å². The molecule has 2 N–H and O–H groups in total.